The molecule has 4 heteroatoms. The lowest BCUT2D eigenvalue weighted by Crippen LogP contribution is -2.39. The first-order valence-corrected chi connectivity index (χ1v) is 7.21. The molecule has 4 nitrogen and oxygen atoms in total. The van der Waals surface area contributed by atoms with Gasteiger partial charge in [-0.15, -0.1) is 0 Å². The Morgan fingerprint density at radius 2 is 1.85 bits per heavy atom. The van der Waals surface area contributed by atoms with E-state index in [2.05, 4.69) is 5.32 Å². The van der Waals surface area contributed by atoms with Crippen molar-refractivity contribution in [2.75, 3.05) is 0 Å². The maximum Gasteiger partial charge on any atom is 0.223 e. The van der Waals surface area contributed by atoms with E-state index in [0.29, 0.717) is 6.54 Å². The second-order valence-electron chi connectivity index (χ2n) is 5.57. The summed E-state index contributed by atoms with van der Waals surface area (Å²) in [6.45, 7) is 4.49. The largest absolute Gasteiger partial charge is 0.392 e. The van der Waals surface area contributed by atoms with Gasteiger partial charge in [-0.1, -0.05) is 24.3 Å². The number of ether oxygens (including phenoxy) is 1. The minimum Gasteiger partial charge on any atom is -0.392 e. The number of carbonyl (C=O) groups excluding carboxylic acids is 1. The molecule has 2 rings (SSSR count). The SMILES string of the molecule is CC1CC(C(=O)NCc2ccccc2CO)CC(C)O1. The fourth-order valence-electron chi connectivity index (χ4n) is 2.83. The lowest BCUT2D eigenvalue weighted by atomic mass is 9.92. The fourth-order valence-corrected chi connectivity index (χ4v) is 2.83. The van der Waals surface area contributed by atoms with Gasteiger partial charge in [0.05, 0.1) is 18.8 Å². The van der Waals surface area contributed by atoms with Gasteiger partial charge < -0.3 is 15.2 Å². The number of amides is 1. The molecule has 1 aliphatic rings. The molecule has 1 saturated heterocycles. The first-order valence-electron chi connectivity index (χ1n) is 7.21. The van der Waals surface area contributed by atoms with Crippen molar-refractivity contribution in [1.29, 1.82) is 0 Å². The molecule has 1 amide bonds. The van der Waals surface area contributed by atoms with E-state index >= 15 is 0 Å². The van der Waals surface area contributed by atoms with Gasteiger partial charge in [-0.05, 0) is 37.8 Å². The zero-order valence-electron chi connectivity index (χ0n) is 12.1. The molecule has 2 atom stereocenters. The van der Waals surface area contributed by atoms with Gasteiger partial charge in [0.15, 0.2) is 0 Å². The molecule has 2 unspecified atom stereocenters. The molecular formula is C16H23NO3. The van der Waals surface area contributed by atoms with Crippen LogP contribution in [0.3, 0.4) is 0 Å². The van der Waals surface area contributed by atoms with E-state index < -0.39 is 0 Å². The number of aliphatic hydroxyl groups excluding tert-OH is 1. The van der Waals surface area contributed by atoms with Crippen molar-refractivity contribution in [3.05, 3.63) is 35.4 Å². The molecule has 110 valence electrons. The predicted octanol–water partition coefficient (Wildman–Crippen LogP) is 2.00. The first-order chi connectivity index (χ1) is 9.60. The summed E-state index contributed by atoms with van der Waals surface area (Å²) in [5, 5.41) is 12.3. The standard InChI is InChI=1S/C16H23NO3/c1-11-7-15(8-12(2)20-11)16(19)17-9-13-5-3-4-6-14(13)10-18/h3-6,11-12,15,18H,7-10H2,1-2H3,(H,17,19). The van der Waals surface area contributed by atoms with Crippen LogP contribution in [0.4, 0.5) is 0 Å². The summed E-state index contributed by atoms with van der Waals surface area (Å²) in [6, 6.07) is 7.61. The number of aliphatic hydroxyl groups is 1. The van der Waals surface area contributed by atoms with Crippen molar-refractivity contribution in [2.24, 2.45) is 5.92 Å². The van der Waals surface area contributed by atoms with Crippen LogP contribution in [0.25, 0.3) is 0 Å². The molecule has 0 bridgehead atoms. The number of rotatable bonds is 4. The molecule has 1 aromatic rings. The minimum absolute atomic E-state index is 0.00260. The van der Waals surface area contributed by atoms with Gasteiger partial charge in [0.2, 0.25) is 5.91 Å². The number of benzene rings is 1. The molecule has 1 aliphatic heterocycles. The van der Waals surface area contributed by atoms with E-state index in [4.69, 9.17) is 4.74 Å². The van der Waals surface area contributed by atoms with Crippen LogP contribution in [0.2, 0.25) is 0 Å². The Bertz CT molecular complexity index is 451. The average Bonchev–Trinajstić information content (AvgIpc) is 2.44. The number of hydrogen-bond acceptors (Lipinski definition) is 3. The monoisotopic (exact) mass is 277 g/mol. The minimum atomic E-state index is -0.00260. The third kappa shape index (κ3) is 3.81. The number of hydrogen-bond donors (Lipinski definition) is 2. The van der Waals surface area contributed by atoms with Crippen LogP contribution >= 0.6 is 0 Å². The maximum absolute atomic E-state index is 12.2. The second-order valence-corrected chi connectivity index (χ2v) is 5.57. The normalized spacial score (nSPS) is 26.2. The zero-order valence-corrected chi connectivity index (χ0v) is 12.1. The maximum atomic E-state index is 12.2. The topological polar surface area (TPSA) is 58.6 Å². The first kappa shape index (κ1) is 15.0. The summed E-state index contributed by atoms with van der Waals surface area (Å²) in [4.78, 5) is 12.2. The Morgan fingerprint density at radius 3 is 2.45 bits per heavy atom. The van der Waals surface area contributed by atoms with E-state index in [1.165, 1.54) is 0 Å². The van der Waals surface area contributed by atoms with Crippen LogP contribution < -0.4 is 5.32 Å². The van der Waals surface area contributed by atoms with Gasteiger partial charge in [-0.3, -0.25) is 4.79 Å². The summed E-state index contributed by atoms with van der Waals surface area (Å²) in [6.07, 6.45) is 1.83. The summed E-state index contributed by atoms with van der Waals surface area (Å²) in [7, 11) is 0. The van der Waals surface area contributed by atoms with Crippen molar-refractivity contribution in [2.45, 2.75) is 52.0 Å². The van der Waals surface area contributed by atoms with Crippen LogP contribution in [-0.4, -0.2) is 23.2 Å². The Morgan fingerprint density at radius 1 is 1.25 bits per heavy atom. The molecule has 0 spiro atoms. The summed E-state index contributed by atoms with van der Waals surface area (Å²) < 4.78 is 5.65. The Hall–Kier alpha value is -1.39. The lowest BCUT2D eigenvalue weighted by molar-refractivity contribution is -0.133. The van der Waals surface area contributed by atoms with E-state index in [1.807, 2.05) is 38.1 Å². The van der Waals surface area contributed by atoms with Crippen LogP contribution in [0.5, 0.6) is 0 Å². The highest BCUT2D eigenvalue weighted by Gasteiger charge is 2.29. The molecule has 1 aromatic carbocycles. The van der Waals surface area contributed by atoms with E-state index in [0.717, 1.165) is 24.0 Å². The van der Waals surface area contributed by atoms with E-state index in [1.54, 1.807) is 0 Å². The number of nitrogens with one attached hydrogen (secondary N) is 1. The average molecular weight is 277 g/mol. The molecule has 20 heavy (non-hydrogen) atoms. The lowest BCUT2D eigenvalue weighted by Gasteiger charge is -2.31. The van der Waals surface area contributed by atoms with Gasteiger partial charge in [-0.25, -0.2) is 0 Å². The fraction of sp³-hybridized carbons (Fsp3) is 0.562. The molecule has 0 radical (unpaired) electrons. The molecule has 0 aromatic heterocycles. The summed E-state index contributed by atoms with van der Waals surface area (Å²) in [5.41, 5.74) is 1.83. The molecule has 0 saturated carbocycles. The smallest absolute Gasteiger partial charge is 0.223 e. The number of carbonyl (C=O) groups is 1. The summed E-state index contributed by atoms with van der Waals surface area (Å²) in [5.74, 6) is 0.106. The molecule has 0 aliphatic carbocycles. The van der Waals surface area contributed by atoms with Crippen LogP contribution in [0, 0.1) is 5.92 Å². The van der Waals surface area contributed by atoms with Gasteiger partial charge in [0.1, 0.15) is 0 Å². The molecule has 2 N–H and O–H groups in total. The molecule has 1 heterocycles. The van der Waals surface area contributed by atoms with E-state index in [9.17, 15) is 9.90 Å². The Kier molecular flexibility index (Phi) is 5.15. The summed E-state index contributed by atoms with van der Waals surface area (Å²) >= 11 is 0. The highest BCUT2D eigenvalue weighted by atomic mass is 16.5. The van der Waals surface area contributed by atoms with Crippen LogP contribution in [-0.2, 0) is 22.7 Å². The van der Waals surface area contributed by atoms with Crippen LogP contribution in [0.1, 0.15) is 37.8 Å². The van der Waals surface area contributed by atoms with Gasteiger partial charge in [-0.2, -0.15) is 0 Å². The second kappa shape index (κ2) is 6.86. The third-order valence-electron chi connectivity index (χ3n) is 3.81. The van der Waals surface area contributed by atoms with Crippen molar-refractivity contribution < 1.29 is 14.6 Å². The van der Waals surface area contributed by atoms with E-state index in [-0.39, 0.29) is 30.6 Å². The Labute approximate surface area is 120 Å². The Balaban J connectivity index is 1.91. The van der Waals surface area contributed by atoms with Gasteiger partial charge in [0.25, 0.3) is 0 Å². The van der Waals surface area contributed by atoms with Gasteiger partial charge in [0, 0.05) is 12.5 Å². The molecule has 1 fully saturated rings. The van der Waals surface area contributed by atoms with Crippen LogP contribution in [0.15, 0.2) is 24.3 Å². The van der Waals surface area contributed by atoms with Gasteiger partial charge >= 0.3 is 0 Å². The molecular weight excluding hydrogens is 254 g/mol. The van der Waals surface area contributed by atoms with Crippen molar-refractivity contribution in [3.8, 4) is 0 Å². The highest BCUT2D eigenvalue weighted by molar-refractivity contribution is 5.78. The third-order valence-corrected chi connectivity index (χ3v) is 3.81. The van der Waals surface area contributed by atoms with Crippen molar-refractivity contribution in [3.63, 3.8) is 0 Å². The zero-order chi connectivity index (χ0) is 14.5. The predicted molar refractivity (Wildman–Crippen MR) is 76.9 cm³/mol. The highest BCUT2D eigenvalue weighted by Crippen LogP contribution is 2.24. The van der Waals surface area contributed by atoms with Crippen molar-refractivity contribution in [1.82, 2.24) is 5.32 Å². The quantitative estimate of drug-likeness (QED) is 0.885. The van der Waals surface area contributed by atoms with Crippen molar-refractivity contribution >= 4 is 5.91 Å².